The Labute approximate surface area is 99.9 Å². The second-order valence-electron chi connectivity index (χ2n) is 4.05. The van der Waals surface area contributed by atoms with Crippen LogP contribution in [0.15, 0.2) is 24.4 Å². The summed E-state index contributed by atoms with van der Waals surface area (Å²) >= 11 is 0. The number of carboxylic acid groups (broad SMARTS) is 1. The molecule has 0 saturated heterocycles. The molecule has 0 bridgehead atoms. The largest absolute Gasteiger partial charge is 0.478 e. The van der Waals surface area contributed by atoms with E-state index in [1.54, 1.807) is 12.1 Å². The molecule has 0 unspecified atom stereocenters. The molecule has 1 aromatic heterocycles. The van der Waals surface area contributed by atoms with Crippen molar-refractivity contribution in [2.24, 2.45) is 7.05 Å². The van der Waals surface area contributed by atoms with Crippen LogP contribution in [0.5, 0.6) is 0 Å². The standard InChI is InChI=1S/C13H16N2O2/c1-3-14-7-9-8-15(2)11-6-4-5-10(12(9)11)13(16)17/h4-6,8,14H,3,7H2,1-2H3,(H,16,17). The van der Waals surface area contributed by atoms with Crippen molar-refractivity contribution in [2.45, 2.75) is 13.5 Å². The van der Waals surface area contributed by atoms with Gasteiger partial charge in [0.05, 0.1) is 5.56 Å². The van der Waals surface area contributed by atoms with Gasteiger partial charge in [-0.2, -0.15) is 0 Å². The Bertz CT molecular complexity index is 558. The lowest BCUT2D eigenvalue weighted by molar-refractivity contribution is 0.0699. The minimum absolute atomic E-state index is 0.371. The molecule has 1 aromatic carbocycles. The molecule has 0 aliphatic rings. The van der Waals surface area contributed by atoms with Gasteiger partial charge in [-0.15, -0.1) is 0 Å². The van der Waals surface area contributed by atoms with E-state index in [0.717, 1.165) is 23.0 Å². The quantitative estimate of drug-likeness (QED) is 0.847. The summed E-state index contributed by atoms with van der Waals surface area (Å²) in [5.74, 6) is -0.875. The van der Waals surface area contributed by atoms with Crippen LogP contribution >= 0.6 is 0 Å². The summed E-state index contributed by atoms with van der Waals surface area (Å²) in [6, 6.07) is 5.38. The lowest BCUT2D eigenvalue weighted by Crippen LogP contribution is -2.11. The van der Waals surface area contributed by atoms with Crippen molar-refractivity contribution < 1.29 is 9.90 Å². The van der Waals surface area contributed by atoms with Crippen molar-refractivity contribution in [3.05, 3.63) is 35.5 Å². The van der Waals surface area contributed by atoms with Crippen LogP contribution in [-0.2, 0) is 13.6 Å². The first-order valence-electron chi connectivity index (χ1n) is 5.66. The molecule has 0 saturated carbocycles. The summed E-state index contributed by atoms with van der Waals surface area (Å²) in [6.45, 7) is 3.59. The van der Waals surface area contributed by atoms with Crippen molar-refractivity contribution in [3.63, 3.8) is 0 Å². The molecule has 4 heteroatoms. The summed E-state index contributed by atoms with van der Waals surface area (Å²) < 4.78 is 1.97. The van der Waals surface area contributed by atoms with Crippen LogP contribution < -0.4 is 5.32 Å². The van der Waals surface area contributed by atoms with E-state index in [1.165, 1.54) is 0 Å². The summed E-state index contributed by atoms with van der Waals surface area (Å²) in [7, 11) is 1.93. The van der Waals surface area contributed by atoms with Crippen LogP contribution in [0.4, 0.5) is 0 Å². The molecule has 0 radical (unpaired) electrons. The molecular formula is C13H16N2O2. The fraction of sp³-hybridized carbons (Fsp3) is 0.308. The van der Waals surface area contributed by atoms with Gasteiger partial charge in [0.2, 0.25) is 0 Å². The van der Waals surface area contributed by atoms with Crippen LogP contribution in [0.1, 0.15) is 22.8 Å². The van der Waals surface area contributed by atoms with E-state index < -0.39 is 5.97 Å². The van der Waals surface area contributed by atoms with E-state index >= 15 is 0 Å². The Morgan fingerprint density at radius 3 is 2.88 bits per heavy atom. The maximum Gasteiger partial charge on any atom is 0.336 e. The van der Waals surface area contributed by atoms with Gasteiger partial charge in [-0.05, 0) is 24.2 Å². The molecule has 17 heavy (non-hydrogen) atoms. The maximum absolute atomic E-state index is 11.2. The number of hydrogen-bond acceptors (Lipinski definition) is 2. The molecule has 0 aliphatic carbocycles. The van der Waals surface area contributed by atoms with E-state index in [4.69, 9.17) is 0 Å². The monoisotopic (exact) mass is 232 g/mol. The van der Waals surface area contributed by atoms with Crippen LogP contribution in [0.2, 0.25) is 0 Å². The third kappa shape index (κ3) is 2.03. The van der Waals surface area contributed by atoms with E-state index in [-0.39, 0.29) is 0 Å². The molecule has 1 heterocycles. The predicted octanol–water partition coefficient (Wildman–Crippen LogP) is 1.99. The van der Waals surface area contributed by atoms with Gasteiger partial charge in [-0.3, -0.25) is 0 Å². The number of fused-ring (bicyclic) bond motifs is 1. The van der Waals surface area contributed by atoms with Gasteiger partial charge in [0.1, 0.15) is 0 Å². The Kier molecular flexibility index (Phi) is 3.15. The minimum Gasteiger partial charge on any atom is -0.478 e. The average molecular weight is 232 g/mol. The minimum atomic E-state index is -0.875. The molecule has 0 fully saturated rings. The maximum atomic E-state index is 11.2. The summed E-state index contributed by atoms with van der Waals surface area (Å²) in [4.78, 5) is 11.2. The van der Waals surface area contributed by atoms with Crippen LogP contribution in [-0.4, -0.2) is 22.2 Å². The highest BCUT2D eigenvalue weighted by Crippen LogP contribution is 2.24. The number of carboxylic acids is 1. The number of rotatable bonds is 4. The number of carbonyl (C=O) groups is 1. The lowest BCUT2D eigenvalue weighted by Gasteiger charge is -2.03. The first-order valence-corrected chi connectivity index (χ1v) is 5.66. The number of hydrogen-bond donors (Lipinski definition) is 2. The molecule has 90 valence electrons. The fourth-order valence-electron chi connectivity index (χ4n) is 2.11. The Morgan fingerprint density at radius 2 is 2.24 bits per heavy atom. The van der Waals surface area contributed by atoms with Crippen LogP contribution in [0.25, 0.3) is 10.9 Å². The Hall–Kier alpha value is -1.81. The third-order valence-electron chi connectivity index (χ3n) is 2.89. The van der Waals surface area contributed by atoms with Crippen LogP contribution in [0, 0.1) is 0 Å². The molecule has 2 N–H and O–H groups in total. The average Bonchev–Trinajstić information content (AvgIpc) is 2.64. The van der Waals surface area contributed by atoms with Crippen molar-refractivity contribution in [1.82, 2.24) is 9.88 Å². The van der Waals surface area contributed by atoms with E-state index in [1.807, 2.05) is 30.8 Å². The smallest absolute Gasteiger partial charge is 0.336 e. The molecule has 2 aromatic rings. The van der Waals surface area contributed by atoms with Crippen molar-refractivity contribution >= 4 is 16.9 Å². The van der Waals surface area contributed by atoms with Crippen LogP contribution in [0.3, 0.4) is 0 Å². The van der Waals surface area contributed by atoms with Crippen molar-refractivity contribution in [3.8, 4) is 0 Å². The first-order chi connectivity index (χ1) is 8.15. The molecule has 4 nitrogen and oxygen atoms in total. The van der Waals surface area contributed by atoms with E-state index in [2.05, 4.69) is 5.32 Å². The Morgan fingerprint density at radius 1 is 1.47 bits per heavy atom. The number of aryl methyl sites for hydroxylation is 1. The SMILES string of the molecule is CCNCc1cn(C)c2cccc(C(=O)O)c12. The lowest BCUT2D eigenvalue weighted by atomic mass is 10.1. The second-order valence-corrected chi connectivity index (χ2v) is 4.05. The molecule has 0 aliphatic heterocycles. The Balaban J connectivity index is 2.63. The van der Waals surface area contributed by atoms with E-state index in [0.29, 0.717) is 12.1 Å². The van der Waals surface area contributed by atoms with Crippen molar-refractivity contribution in [2.75, 3.05) is 6.54 Å². The van der Waals surface area contributed by atoms with Crippen molar-refractivity contribution in [1.29, 1.82) is 0 Å². The molecule has 0 amide bonds. The molecule has 2 rings (SSSR count). The second kappa shape index (κ2) is 4.59. The van der Waals surface area contributed by atoms with Gasteiger partial charge in [0, 0.05) is 30.7 Å². The van der Waals surface area contributed by atoms with Gasteiger partial charge in [-0.1, -0.05) is 13.0 Å². The zero-order chi connectivity index (χ0) is 12.4. The summed E-state index contributed by atoms with van der Waals surface area (Å²) in [5, 5.41) is 13.3. The normalized spacial score (nSPS) is 10.9. The predicted molar refractivity (Wildman–Crippen MR) is 67.3 cm³/mol. The summed E-state index contributed by atoms with van der Waals surface area (Å²) in [5.41, 5.74) is 2.36. The number of nitrogens with one attached hydrogen (secondary N) is 1. The zero-order valence-electron chi connectivity index (χ0n) is 10.0. The molecule has 0 spiro atoms. The van der Waals surface area contributed by atoms with Gasteiger partial charge < -0.3 is 15.0 Å². The first kappa shape index (κ1) is 11.7. The van der Waals surface area contributed by atoms with Gasteiger partial charge in [-0.25, -0.2) is 4.79 Å². The fourth-order valence-corrected chi connectivity index (χ4v) is 2.11. The molecular weight excluding hydrogens is 216 g/mol. The summed E-state index contributed by atoms with van der Waals surface area (Å²) in [6.07, 6.45) is 1.99. The topological polar surface area (TPSA) is 54.3 Å². The number of aromatic nitrogens is 1. The van der Waals surface area contributed by atoms with Gasteiger partial charge in [0.15, 0.2) is 0 Å². The molecule has 0 atom stereocenters. The number of benzene rings is 1. The van der Waals surface area contributed by atoms with E-state index in [9.17, 15) is 9.90 Å². The van der Waals surface area contributed by atoms with Gasteiger partial charge >= 0.3 is 5.97 Å². The van der Waals surface area contributed by atoms with Gasteiger partial charge in [0.25, 0.3) is 0 Å². The highest BCUT2D eigenvalue weighted by molar-refractivity contribution is 6.04. The zero-order valence-corrected chi connectivity index (χ0v) is 10.0. The third-order valence-corrected chi connectivity index (χ3v) is 2.89. The highest BCUT2D eigenvalue weighted by Gasteiger charge is 2.14. The highest BCUT2D eigenvalue weighted by atomic mass is 16.4. The number of nitrogens with zero attached hydrogens (tertiary/aromatic N) is 1. The number of aromatic carboxylic acids is 1.